The van der Waals surface area contributed by atoms with Gasteiger partial charge in [-0.25, -0.2) is 4.39 Å². The fraction of sp³-hybridized carbons (Fsp3) is 0.182. The minimum absolute atomic E-state index is 0.320. The van der Waals surface area contributed by atoms with Gasteiger partial charge >= 0.3 is 0 Å². The van der Waals surface area contributed by atoms with Crippen molar-refractivity contribution in [2.75, 3.05) is 0 Å². The second-order valence-electron chi connectivity index (χ2n) is 3.32. The Kier molecular flexibility index (Phi) is 2.54. The molecule has 15 heavy (non-hydrogen) atoms. The summed E-state index contributed by atoms with van der Waals surface area (Å²) in [7, 11) is 0. The van der Waals surface area contributed by atoms with Crippen molar-refractivity contribution in [3.63, 3.8) is 0 Å². The quantitative estimate of drug-likeness (QED) is 0.851. The molecular weight excluding hydrogens is 215 g/mol. The SMILES string of the molecule is CC(=O)C(O)c1csc2c(F)cccc12. The lowest BCUT2D eigenvalue weighted by atomic mass is 10.1. The molecule has 0 aliphatic carbocycles. The summed E-state index contributed by atoms with van der Waals surface area (Å²) in [6, 6.07) is 4.64. The molecule has 0 aliphatic rings. The molecule has 0 amide bonds. The number of thiophene rings is 1. The number of carbonyl (C=O) groups is 1. The fourth-order valence-corrected chi connectivity index (χ4v) is 2.47. The summed E-state index contributed by atoms with van der Waals surface area (Å²) in [5, 5.41) is 11.8. The number of aliphatic hydroxyl groups excluding tert-OH is 1. The molecule has 78 valence electrons. The van der Waals surface area contributed by atoms with Gasteiger partial charge in [0, 0.05) is 10.9 Å². The molecule has 2 rings (SSSR count). The molecule has 2 aromatic rings. The van der Waals surface area contributed by atoms with Crippen LogP contribution in [0.3, 0.4) is 0 Å². The normalized spacial score (nSPS) is 13.0. The van der Waals surface area contributed by atoms with Crippen LogP contribution in [0, 0.1) is 5.82 Å². The molecule has 1 N–H and O–H groups in total. The van der Waals surface area contributed by atoms with E-state index < -0.39 is 6.10 Å². The van der Waals surface area contributed by atoms with Crippen molar-refractivity contribution in [1.29, 1.82) is 0 Å². The Morgan fingerprint density at radius 2 is 2.27 bits per heavy atom. The van der Waals surface area contributed by atoms with Gasteiger partial charge in [0.1, 0.15) is 11.9 Å². The first-order valence-corrected chi connectivity index (χ1v) is 5.33. The molecule has 1 aromatic heterocycles. The molecule has 2 nitrogen and oxygen atoms in total. The van der Waals surface area contributed by atoms with E-state index in [9.17, 15) is 14.3 Å². The van der Waals surface area contributed by atoms with E-state index >= 15 is 0 Å². The summed E-state index contributed by atoms with van der Waals surface area (Å²) >= 11 is 1.20. The van der Waals surface area contributed by atoms with Crippen molar-refractivity contribution in [2.24, 2.45) is 0 Å². The first-order valence-electron chi connectivity index (χ1n) is 4.45. The molecule has 0 saturated carbocycles. The number of hydrogen-bond acceptors (Lipinski definition) is 3. The molecule has 0 aliphatic heterocycles. The maximum atomic E-state index is 13.3. The van der Waals surface area contributed by atoms with Crippen molar-refractivity contribution in [1.82, 2.24) is 0 Å². The summed E-state index contributed by atoms with van der Waals surface area (Å²) in [6.07, 6.45) is -1.15. The highest BCUT2D eigenvalue weighted by atomic mass is 32.1. The summed E-state index contributed by atoms with van der Waals surface area (Å²) in [4.78, 5) is 11.0. The molecule has 0 fully saturated rings. The van der Waals surface area contributed by atoms with Gasteiger partial charge in [0.05, 0.1) is 4.70 Å². The number of hydrogen-bond donors (Lipinski definition) is 1. The summed E-state index contributed by atoms with van der Waals surface area (Å²) in [5.74, 6) is -0.654. The third-order valence-corrected chi connectivity index (χ3v) is 3.28. The van der Waals surface area contributed by atoms with Crippen LogP contribution >= 0.6 is 11.3 Å². The number of Topliss-reactive ketones (excluding diaryl/α,β-unsaturated/α-hetero) is 1. The molecule has 1 atom stereocenters. The van der Waals surface area contributed by atoms with Gasteiger partial charge in [-0.15, -0.1) is 11.3 Å². The lowest BCUT2D eigenvalue weighted by Gasteiger charge is -2.04. The smallest absolute Gasteiger partial charge is 0.162 e. The average molecular weight is 224 g/mol. The molecule has 1 unspecified atom stereocenters. The number of benzene rings is 1. The Morgan fingerprint density at radius 1 is 1.53 bits per heavy atom. The van der Waals surface area contributed by atoms with E-state index in [0.29, 0.717) is 15.6 Å². The first-order chi connectivity index (χ1) is 7.11. The van der Waals surface area contributed by atoms with Crippen molar-refractivity contribution in [3.05, 3.63) is 35.0 Å². The van der Waals surface area contributed by atoms with Crippen LogP contribution in [0.1, 0.15) is 18.6 Å². The molecule has 1 aromatic carbocycles. The van der Waals surface area contributed by atoms with Crippen LogP contribution in [0.4, 0.5) is 4.39 Å². The van der Waals surface area contributed by atoms with Crippen molar-refractivity contribution >= 4 is 27.2 Å². The lowest BCUT2D eigenvalue weighted by molar-refractivity contribution is -0.125. The van der Waals surface area contributed by atoms with Crippen molar-refractivity contribution < 1.29 is 14.3 Å². The van der Waals surface area contributed by atoms with E-state index in [1.807, 2.05) is 0 Å². The van der Waals surface area contributed by atoms with Crippen LogP contribution in [-0.2, 0) is 4.79 Å². The monoisotopic (exact) mass is 224 g/mol. The standard InChI is InChI=1S/C11H9FO2S/c1-6(13)10(14)8-5-15-11-7(8)3-2-4-9(11)12/h2-5,10,14H,1H3. The molecule has 0 saturated heterocycles. The highest BCUT2D eigenvalue weighted by Gasteiger charge is 2.18. The number of carbonyl (C=O) groups excluding carboxylic acids is 1. The summed E-state index contributed by atoms with van der Waals surface area (Å²) in [5.41, 5.74) is 0.488. The third kappa shape index (κ3) is 1.66. The van der Waals surface area contributed by atoms with Gasteiger partial charge in [-0.2, -0.15) is 0 Å². The zero-order chi connectivity index (χ0) is 11.0. The maximum absolute atomic E-state index is 13.3. The van der Waals surface area contributed by atoms with E-state index in [1.54, 1.807) is 17.5 Å². The van der Waals surface area contributed by atoms with E-state index in [0.717, 1.165) is 0 Å². The highest BCUT2D eigenvalue weighted by Crippen LogP contribution is 2.32. The van der Waals surface area contributed by atoms with E-state index in [-0.39, 0.29) is 11.6 Å². The van der Waals surface area contributed by atoms with E-state index in [4.69, 9.17) is 0 Å². The van der Waals surface area contributed by atoms with Crippen molar-refractivity contribution in [3.8, 4) is 0 Å². The zero-order valence-corrected chi connectivity index (χ0v) is 8.84. The Morgan fingerprint density at radius 3 is 2.93 bits per heavy atom. The second kappa shape index (κ2) is 3.72. The van der Waals surface area contributed by atoms with Crippen LogP contribution in [0.25, 0.3) is 10.1 Å². The highest BCUT2D eigenvalue weighted by molar-refractivity contribution is 7.17. The molecular formula is C11H9FO2S. The van der Waals surface area contributed by atoms with Crippen LogP contribution < -0.4 is 0 Å². The number of ketones is 1. The van der Waals surface area contributed by atoms with Gasteiger partial charge in [0.2, 0.25) is 0 Å². The Balaban J connectivity index is 2.64. The Bertz CT molecular complexity index is 518. The summed E-state index contributed by atoms with van der Waals surface area (Å²) in [6.45, 7) is 1.31. The van der Waals surface area contributed by atoms with E-state index in [1.165, 1.54) is 24.3 Å². The Labute approximate surface area is 90.0 Å². The largest absolute Gasteiger partial charge is 0.381 e. The fourth-order valence-electron chi connectivity index (χ4n) is 1.47. The number of fused-ring (bicyclic) bond motifs is 1. The molecule has 0 radical (unpaired) electrons. The predicted octanol–water partition coefficient (Wildman–Crippen LogP) is 2.66. The number of rotatable bonds is 2. The van der Waals surface area contributed by atoms with Gasteiger partial charge in [-0.05, 0) is 18.4 Å². The van der Waals surface area contributed by atoms with E-state index in [2.05, 4.69) is 0 Å². The van der Waals surface area contributed by atoms with Crippen LogP contribution in [0.2, 0.25) is 0 Å². The summed E-state index contributed by atoms with van der Waals surface area (Å²) < 4.78 is 13.8. The zero-order valence-electron chi connectivity index (χ0n) is 8.03. The van der Waals surface area contributed by atoms with Gasteiger partial charge in [0.15, 0.2) is 5.78 Å². The van der Waals surface area contributed by atoms with Gasteiger partial charge in [-0.1, -0.05) is 12.1 Å². The number of aliphatic hydroxyl groups is 1. The van der Waals surface area contributed by atoms with Gasteiger partial charge in [0.25, 0.3) is 0 Å². The molecule has 0 spiro atoms. The maximum Gasteiger partial charge on any atom is 0.162 e. The van der Waals surface area contributed by atoms with Crippen LogP contribution in [0.15, 0.2) is 23.6 Å². The topological polar surface area (TPSA) is 37.3 Å². The third-order valence-electron chi connectivity index (χ3n) is 2.26. The van der Waals surface area contributed by atoms with Crippen LogP contribution in [0.5, 0.6) is 0 Å². The number of halogens is 1. The second-order valence-corrected chi connectivity index (χ2v) is 4.20. The molecule has 1 heterocycles. The van der Waals surface area contributed by atoms with Crippen molar-refractivity contribution in [2.45, 2.75) is 13.0 Å². The minimum Gasteiger partial charge on any atom is -0.381 e. The van der Waals surface area contributed by atoms with Gasteiger partial charge in [-0.3, -0.25) is 4.79 Å². The lowest BCUT2D eigenvalue weighted by Crippen LogP contribution is -2.06. The van der Waals surface area contributed by atoms with Crippen LogP contribution in [-0.4, -0.2) is 10.9 Å². The first kappa shape index (κ1) is 10.3. The molecule has 0 bridgehead atoms. The molecule has 4 heteroatoms. The Hall–Kier alpha value is -1.26. The minimum atomic E-state index is -1.15. The van der Waals surface area contributed by atoms with Gasteiger partial charge < -0.3 is 5.11 Å². The predicted molar refractivity (Wildman–Crippen MR) is 57.4 cm³/mol. The average Bonchev–Trinajstić information content (AvgIpc) is 2.61.